The minimum atomic E-state index is -0.964. The van der Waals surface area contributed by atoms with Crippen molar-refractivity contribution >= 4 is 0 Å². The maximum atomic E-state index is 13.9. The van der Waals surface area contributed by atoms with Gasteiger partial charge < -0.3 is 4.74 Å². The number of halogens is 3. The van der Waals surface area contributed by atoms with Crippen LogP contribution in [-0.4, -0.2) is 6.61 Å². The van der Waals surface area contributed by atoms with Crippen LogP contribution in [0, 0.1) is 24.4 Å². The molecule has 0 radical (unpaired) electrons. The van der Waals surface area contributed by atoms with Crippen LogP contribution in [0.5, 0.6) is 5.75 Å². The van der Waals surface area contributed by atoms with Crippen molar-refractivity contribution in [3.8, 4) is 16.9 Å². The van der Waals surface area contributed by atoms with E-state index in [9.17, 15) is 13.2 Å². The SMILES string of the molecule is CCCCOc1ccc(-c2ccc(C)c(F)c2F)cc1F. The smallest absolute Gasteiger partial charge is 0.166 e. The van der Waals surface area contributed by atoms with Gasteiger partial charge >= 0.3 is 0 Å². The third-order valence-electron chi connectivity index (χ3n) is 3.27. The molecule has 0 saturated heterocycles. The van der Waals surface area contributed by atoms with Crippen LogP contribution in [-0.2, 0) is 0 Å². The van der Waals surface area contributed by atoms with Crippen molar-refractivity contribution in [1.29, 1.82) is 0 Å². The van der Waals surface area contributed by atoms with E-state index in [0.29, 0.717) is 6.61 Å². The van der Waals surface area contributed by atoms with Crippen molar-refractivity contribution in [3.63, 3.8) is 0 Å². The highest BCUT2D eigenvalue weighted by molar-refractivity contribution is 5.65. The molecule has 2 aromatic carbocycles. The molecule has 0 fully saturated rings. The summed E-state index contributed by atoms with van der Waals surface area (Å²) in [6.07, 6.45) is 1.78. The van der Waals surface area contributed by atoms with E-state index in [0.717, 1.165) is 18.9 Å². The zero-order valence-corrected chi connectivity index (χ0v) is 12.1. The molecule has 0 unspecified atom stereocenters. The Hall–Kier alpha value is -1.97. The molecular weight excluding hydrogens is 277 g/mol. The van der Waals surface area contributed by atoms with Crippen LogP contribution in [0.15, 0.2) is 30.3 Å². The molecule has 0 saturated carbocycles. The normalized spacial score (nSPS) is 10.7. The number of benzene rings is 2. The lowest BCUT2D eigenvalue weighted by molar-refractivity contribution is 0.294. The van der Waals surface area contributed by atoms with Crippen LogP contribution >= 0.6 is 0 Å². The first-order valence-corrected chi connectivity index (χ1v) is 6.92. The number of hydrogen-bond acceptors (Lipinski definition) is 1. The summed E-state index contributed by atoms with van der Waals surface area (Å²) >= 11 is 0. The second-order valence-electron chi connectivity index (χ2n) is 4.91. The van der Waals surface area contributed by atoms with Crippen LogP contribution in [0.4, 0.5) is 13.2 Å². The third-order valence-corrected chi connectivity index (χ3v) is 3.27. The second kappa shape index (κ2) is 6.66. The lowest BCUT2D eigenvalue weighted by Gasteiger charge is -2.10. The third kappa shape index (κ3) is 3.38. The van der Waals surface area contributed by atoms with E-state index in [4.69, 9.17) is 4.74 Å². The summed E-state index contributed by atoms with van der Waals surface area (Å²) in [5.74, 6) is -2.32. The quantitative estimate of drug-likeness (QED) is 0.684. The molecule has 4 heteroatoms. The van der Waals surface area contributed by atoms with Crippen LogP contribution in [0.2, 0.25) is 0 Å². The van der Waals surface area contributed by atoms with Gasteiger partial charge in [-0.2, -0.15) is 0 Å². The Morgan fingerprint density at radius 3 is 2.43 bits per heavy atom. The molecule has 21 heavy (non-hydrogen) atoms. The molecule has 112 valence electrons. The maximum absolute atomic E-state index is 13.9. The van der Waals surface area contributed by atoms with Gasteiger partial charge in [-0.05, 0) is 36.6 Å². The zero-order valence-electron chi connectivity index (χ0n) is 12.1. The van der Waals surface area contributed by atoms with Gasteiger partial charge in [-0.15, -0.1) is 0 Å². The molecule has 0 atom stereocenters. The molecule has 0 bridgehead atoms. The molecule has 0 spiro atoms. The average Bonchev–Trinajstić information content (AvgIpc) is 2.47. The van der Waals surface area contributed by atoms with Crippen molar-refractivity contribution in [3.05, 3.63) is 53.3 Å². The van der Waals surface area contributed by atoms with E-state index in [1.807, 2.05) is 6.92 Å². The average molecular weight is 294 g/mol. The van der Waals surface area contributed by atoms with Gasteiger partial charge in [0.2, 0.25) is 0 Å². The lowest BCUT2D eigenvalue weighted by atomic mass is 10.0. The van der Waals surface area contributed by atoms with E-state index >= 15 is 0 Å². The summed E-state index contributed by atoms with van der Waals surface area (Å²) in [5.41, 5.74) is 0.542. The number of aryl methyl sites for hydroxylation is 1. The van der Waals surface area contributed by atoms with Crippen molar-refractivity contribution < 1.29 is 17.9 Å². The highest BCUT2D eigenvalue weighted by Gasteiger charge is 2.14. The van der Waals surface area contributed by atoms with Crippen LogP contribution < -0.4 is 4.74 Å². The molecule has 1 nitrogen and oxygen atoms in total. The standard InChI is InChI=1S/C17H17F3O/c1-3-4-9-21-15-8-6-12(10-14(15)18)13-7-5-11(2)16(19)17(13)20/h5-8,10H,3-4,9H2,1-2H3. The van der Waals surface area contributed by atoms with Crippen molar-refractivity contribution in [2.45, 2.75) is 26.7 Å². The van der Waals surface area contributed by atoms with Crippen LogP contribution in [0.25, 0.3) is 11.1 Å². The van der Waals surface area contributed by atoms with E-state index in [1.165, 1.54) is 31.2 Å². The van der Waals surface area contributed by atoms with Gasteiger partial charge in [-0.25, -0.2) is 13.2 Å². The molecule has 0 N–H and O–H groups in total. The summed E-state index contributed by atoms with van der Waals surface area (Å²) in [4.78, 5) is 0. The van der Waals surface area contributed by atoms with Gasteiger partial charge in [0, 0.05) is 5.56 Å². The Labute approximate surface area is 122 Å². The Kier molecular flexibility index (Phi) is 4.89. The maximum Gasteiger partial charge on any atom is 0.166 e. The summed E-state index contributed by atoms with van der Waals surface area (Å²) in [7, 11) is 0. The fourth-order valence-corrected chi connectivity index (χ4v) is 1.98. The molecule has 0 aliphatic carbocycles. The monoisotopic (exact) mass is 294 g/mol. The van der Waals surface area contributed by atoms with E-state index in [-0.39, 0.29) is 22.4 Å². The summed E-state index contributed by atoms with van der Waals surface area (Å²) < 4.78 is 46.7. The zero-order chi connectivity index (χ0) is 15.4. The molecule has 2 rings (SSSR count). The first-order chi connectivity index (χ1) is 10.0. The fourth-order valence-electron chi connectivity index (χ4n) is 1.98. The van der Waals surface area contributed by atoms with E-state index in [2.05, 4.69) is 0 Å². The first-order valence-electron chi connectivity index (χ1n) is 6.92. The van der Waals surface area contributed by atoms with Crippen LogP contribution in [0.1, 0.15) is 25.3 Å². The van der Waals surface area contributed by atoms with E-state index < -0.39 is 17.5 Å². The molecule has 0 aliphatic rings. The number of rotatable bonds is 5. The molecule has 0 amide bonds. The number of unbranched alkanes of at least 4 members (excludes halogenated alkanes) is 1. The fraction of sp³-hybridized carbons (Fsp3) is 0.294. The Morgan fingerprint density at radius 2 is 1.76 bits per heavy atom. The Balaban J connectivity index is 2.30. The molecule has 0 aliphatic heterocycles. The van der Waals surface area contributed by atoms with Crippen molar-refractivity contribution in [2.24, 2.45) is 0 Å². The predicted molar refractivity (Wildman–Crippen MR) is 76.9 cm³/mol. The first kappa shape index (κ1) is 15.4. The minimum absolute atomic E-state index is 0.0390. The molecule has 0 aromatic heterocycles. The number of hydrogen-bond donors (Lipinski definition) is 0. The van der Waals surface area contributed by atoms with Gasteiger partial charge in [-0.3, -0.25) is 0 Å². The highest BCUT2D eigenvalue weighted by Crippen LogP contribution is 2.29. The van der Waals surface area contributed by atoms with Crippen molar-refractivity contribution in [1.82, 2.24) is 0 Å². The van der Waals surface area contributed by atoms with Gasteiger partial charge in [0.1, 0.15) is 0 Å². The Bertz CT molecular complexity index is 638. The van der Waals surface area contributed by atoms with Crippen LogP contribution in [0.3, 0.4) is 0 Å². The summed E-state index contributed by atoms with van der Waals surface area (Å²) in [6, 6.07) is 7.04. The van der Waals surface area contributed by atoms with Gasteiger partial charge in [-0.1, -0.05) is 31.5 Å². The van der Waals surface area contributed by atoms with Gasteiger partial charge in [0.25, 0.3) is 0 Å². The minimum Gasteiger partial charge on any atom is -0.491 e. The van der Waals surface area contributed by atoms with Crippen molar-refractivity contribution in [2.75, 3.05) is 6.61 Å². The molecule has 0 heterocycles. The second-order valence-corrected chi connectivity index (χ2v) is 4.91. The molecule has 2 aromatic rings. The Morgan fingerprint density at radius 1 is 1.00 bits per heavy atom. The highest BCUT2D eigenvalue weighted by atomic mass is 19.2. The summed E-state index contributed by atoms with van der Waals surface area (Å²) in [5, 5.41) is 0. The largest absolute Gasteiger partial charge is 0.491 e. The predicted octanol–water partition coefficient (Wildman–Crippen LogP) is 5.26. The van der Waals surface area contributed by atoms with E-state index in [1.54, 1.807) is 0 Å². The van der Waals surface area contributed by atoms with Gasteiger partial charge in [0.05, 0.1) is 6.61 Å². The topological polar surface area (TPSA) is 9.23 Å². The molecular formula is C17H17F3O. The van der Waals surface area contributed by atoms with Gasteiger partial charge in [0.15, 0.2) is 23.2 Å². The summed E-state index contributed by atoms with van der Waals surface area (Å²) in [6.45, 7) is 3.92. The number of ether oxygens (including phenoxy) is 1. The lowest BCUT2D eigenvalue weighted by Crippen LogP contribution is -1.99.